The first-order chi connectivity index (χ1) is 14.2. The van der Waals surface area contributed by atoms with Crippen LogP contribution in [0.25, 0.3) is 26.8 Å². The number of rotatable bonds is 5. The second-order valence-corrected chi connectivity index (χ2v) is 7.72. The van der Waals surface area contributed by atoms with Crippen molar-refractivity contribution in [2.24, 2.45) is 0 Å². The van der Waals surface area contributed by atoms with E-state index in [0.29, 0.717) is 38.4 Å². The van der Waals surface area contributed by atoms with Gasteiger partial charge in [0.25, 0.3) is 5.92 Å². The number of nitrogens with zero attached hydrogens (tertiary/aromatic N) is 4. The summed E-state index contributed by atoms with van der Waals surface area (Å²) < 4.78 is 40.1. The molecule has 156 valence electrons. The molecule has 1 aromatic carbocycles. The standard InChI is InChI=1S/C20H19F2N5O2S/c1-10-16(12-7-13(20(2,21)22)17(23)24-9-12)27-19(25-10)30-18(26-27)11-5-6-14(28-3)15(8-11)29-4/h5-9H,1-4H3,(H2,23,24). The number of methoxy groups -OCH3 is 2. The van der Waals surface area contributed by atoms with E-state index in [9.17, 15) is 8.78 Å². The Hall–Kier alpha value is -3.27. The van der Waals surface area contributed by atoms with Crippen molar-refractivity contribution in [2.75, 3.05) is 20.0 Å². The largest absolute Gasteiger partial charge is 0.493 e. The minimum absolute atomic E-state index is 0.200. The topological polar surface area (TPSA) is 87.6 Å². The van der Waals surface area contributed by atoms with E-state index >= 15 is 0 Å². The molecule has 30 heavy (non-hydrogen) atoms. The molecule has 10 heteroatoms. The highest BCUT2D eigenvalue weighted by Crippen LogP contribution is 2.37. The third-order valence-corrected chi connectivity index (χ3v) is 5.63. The van der Waals surface area contributed by atoms with Crippen molar-refractivity contribution in [2.45, 2.75) is 19.8 Å². The van der Waals surface area contributed by atoms with Gasteiger partial charge in [0.2, 0.25) is 4.96 Å². The molecule has 0 amide bonds. The van der Waals surface area contributed by atoms with Crippen molar-refractivity contribution in [3.05, 3.63) is 41.7 Å². The Morgan fingerprint density at radius 2 is 1.83 bits per heavy atom. The highest BCUT2D eigenvalue weighted by atomic mass is 32.1. The van der Waals surface area contributed by atoms with E-state index in [2.05, 4.69) is 15.1 Å². The molecule has 2 N–H and O–H groups in total. The van der Waals surface area contributed by atoms with Crippen LogP contribution >= 0.6 is 11.3 Å². The maximum Gasteiger partial charge on any atom is 0.274 e. The number of anilines is 1. The summed E-state index contributed by atoms with van der Waals surface area (Å²) in [7, 11) is 3.13. The maximum atomic E-state index is 13.9. The lowest BCUT2D eigenvalue weighted by Gasteiger charge is -2.14. The smallest absolute Gasteiger partial charge is 0.274 e. The van der Waals surface area contributed by atoms with Crippen molar-refractivity contribution in [3.63, 3.8) is 0 Å². The van der Waals surface area contributed by atoms with Crippen LogP contribution in [0.5, 0.6) is 11.5 Å². The predicted octanol–water partition coefficient (Wildman–Crippen LogP) is 4.54. The lowest BCUT2D eigenvalue weighted by Crippen LogP contribution is -2.12. The normalized spacial score (nSPS) is 11.8. The van der Waals surface area contributed by atoms with Gasteiger partial charge in [-0.3, -0.25) is 0 Å². The molecule has 0 spiro atoms. The molecule has 0 atom stereocenters. The molecular weight excluding hydrogens is 412 g/mol. The molecule has 3 aromatic heterocycles. The molecule has 0 unspecified atom stereocenters. The van der Waals surface area contributed by atoms with E-state index in [1.165, 1.54) is 23.6 Å². The van der Waals surface area contributed by atoms with Crippen molar-refractivity contribution >= 4 is 22.1 Å². The van der Waals surface area contributed by atoms with Gasteiger partial charge in [-0.1, -0.05) is 11.3 Å². The molecule has 0 fully saturated rings. The number of nitrogens with two attached hydrogens (primary N) is 1. The number of aromatic nitrogens is 4. The van der Waals surface area contributed by atoms with Gasteiger partial charge in [-0.15, -0.1) is 0 Å². The first-order valence-electron chi connectivity index (χ1n) is 8.95. The predicted molar refractivity (Wildman–Crippen MR) is 111 cm³/mol. The van der Waals surface area contributed by atoms with E-state index in [4.69, 9.17) is 15.2 Å². The minimum atomic E-state index is -3.11. The fourth-order valence-electron chi connectivity index (χ4n) is 3.22. The number of nitrogen functional groups attached to an aromatic ring is 1. The number of imidazole rings is 1. The Bertz CT molecular complexity index is 1250. The maximum absolute atomic E-state index is 13.9. The average molecular weight is 431 g/mol. The van der Waals surface area contributed by atoms with Gasteiger partial charge in [-0.25, -0.2) is 23.3 Å². The van der Waals surface area contributed by atoms with Gasteiger partial charge >= 0.3 is 0 Å². The van der Waals surface area contributed by atoms with Crippen molar-refractivity contribution in [1.29, 1.82) is 0 Å². The number of aryl methyl sites for hydroxylation is 1. The SMILES string of the molecule is COc1ccc(-c2nn3c(-c4cnc(N)c(C(C)(F)F)c4)c(C)nc3s2)cc1OC. The highest BCUT2D eigenvalue weighted by Gasteiger charge is 2.29. The van der Waals surface area contributed by atoms with Crippen LogP contribution in [0, 0.1) is 6.92 Å². The number of pyridine rings is 1. The Labute approximate surface area is 175 Å². The summed E-state index contributed by atoms with van der Waals surface area (Å²) in [5.41, 5.74) is 7.87. The fourth-order valence-corrected chi connectivity index (χ4v) is 4.16. The van der Waals surface area contributed by atoms with Crippen molar-refractivity contribution in [1.82, 2.24) is 19.6 Å². The third-order valence-electron chi connectivity index (χ3n) is 4.67. The van der Waals surface area contributed by atoms with E-state index in [0.717, 1.165) is 12.5 Å². The van der Waals surface area contributed by atoms with Crippen LogP contribution in [0.3, 0.4) is 0 Å². The summed E-state index contributed by atoms with van der Waals surface area (Å²) in [5.74, 6) is -2.12. The Morgan fingerprint density at radius 1 is 1.10 bits per heavy atom. The number of ether oxygens (including phenoxy) is 2. The Kier molecular flexibility index (Phi) is 4.81. The summed E-state index contributed by atoms with van der Waals surface area (Å²) in [5, 5.41) is 5.35. The summed E-state index contributed by atoms with van der Waals surface area (Å²) >= 11 is 1.38. The zero-order valence-corrected chi connectivity index (χ0v) is 17.6. The number of alkyl halides is 2. The first-order valence-corrected chi connectivity index (χ1v) is 9.77. The van der Waals surface area contributed by atoms with Crippen LogP contribution in [0.2, 0.25) is 0 Å². The Morgan fingerprint density at radius 3 is 2.50 bits per heavy atom. The molecule has 0 aliphatic heterocycles. The van der Waals surface area contributed by atoms with Gasteiger partial charge < -0.3 is 15.2 Å². The van der Waals surface area contributed by atoms with Gasteiger partial charge in [0, 0.05) is 24.2 Å². The number of benzene rings is 1. The lowest BCUT2D eigenvalue weighted by atomic mass is 10.1. The third kappa shape index (κ3) is 3.32. The molecule has 0 aliphatic carbocycles. The van der Waals surface area contributed by atoms with Crippen LogP contribution in [0.15, 0.2) is 30.5 Å². The zero-order chi connectivity index (χ0) is 21.6. The molecular formula is C20H19F2N5O2S. The van der Waals surface area contributed by atoms with Crippen LogP contribution in [0.4, 0.5) is 14.6 Å². The van der Waals surface area contributed by atoms with Gasteiger partial charge in [0.05, 0.1) is 31.2 Å². The fraction of sp³-hybridized carbons (Fsp3) is 0.250. The van der Waals surface area contributed by atoms with Crippen LogP contribution in [0.1, 0.15) is 18.2 Å². The van der Waals surface area contributed by atoms with Gasteiger partial charge in [-0.2, -0.15) is 5.10 Å². The summed E-state index contributed by atoms with van der Waals surface area (Å²) in [6, 6.07) is 6.83. The van der Waals surface area contributed by atoms with Gasteiger partial charge in [0.15, 0.2) is 11.5 Å². The van der Waals surface area contributed by atoms with Gasteiger partial charge in [-0.05, 0) is 31.2 Å². The van der Waals surface area contributed by atoms with Gasteiger partial charge in [0.1, 0.15) is 10.8 Å². The first kappa shape index (κ1) is 20.0. The summed E-state index contributed by atoms with van der Waals surface area (Å²) in [6.07, 6.45) is 1.45. The molecule has 0 aliphatic rings. The lowest BCUT2D eigenvalue weighted by molar-refractivity contribution is 0.0180. The summed E-state index contributed by atoms with van der Waals surface area (Å²) in [6.45, 7) is 2.59. The Balaban J connectivity index is 1.85. The van der Waals surface area contributed by atoms with Crippen molar-refractivity contribution < 1.29 is 18.3 Å². The van der Waals surface area contributed by atoms with Crippen LogP contribution in [-0.4, -0.2) is 33.8 Å². The highest BCUT2D eigenvalue weighted by molar-refractivity contribution is 7.19. The zero-order valence-electron chi connectivity index (χ0n) is 16.7. The quantitative estimate of drug-likeness (QED) is 0.499. The molecule has 0 bridgehead atoms. The van der Waals surface area contributed by atoms with E-state index < -0.39 is 5.92 Å². The number of hydrogen-bond acceptors (Lipinski definition) is 7. The number of fused-ring (bicyclic) bond motifs is 1. The summed E-state index contributed by atoms with van der Waals surface area (Å²) in [4.78, 5) is 9.13. The van der Waals surface area contributed by atoms with Crippen LogP contribution in [-0.2, 0) is 5.92 Å². The van der Waals surface area contributed by atoms with Crippen LogP contribution < -0.4 is 15.2 Å². The number of hydrogen-bond donors (Lipinski definition) is 1. The molecule has 4 rings (SSSR count). The molecule has 4 aromatic rings. The van der Waals surface area contributed by atoms with Crippen molar-refractivity contribution in [3.8, 4) is 33.3 Å². The monoisotopic (exact) mass is 431 g/mol. The number of halogens is 2. The van der Waals surface area contributed by atoms with E-state index in [-0.39, 0.29) is 11.4 Å². The van der Waals surface area contributed by atoms with E-state index in [1.54, 1.807) is 31.7 Å². The second-order valence-electron chi connectivity index (χ2n) is 6.76. The molecule has 0 saturated heterocycles. The molecule has 0 radical (unpaired) electrons. The van der Waals surface area contributed by atoms with E-state index in [1.807, 2.05) is 12.1 Å². The molecule has 3 heterocycles. The molecule has 0 saturated carbocycles. The molecule has 7 nitrogen and oxygen atoms in total. The second kappa shape index (κ2) is 7.21. The minimum Gasteiger partial charge on any atom is -0.493 e. The average Bonchev–Trinajstić information content (AvgIpc) is 3.23.